The molecule has 2 aliphatic rings. The van der Waals surface area contributed by atoms with Gasteiger partial charge in [-0.3, -0.25) is 9.59 Å². The van der Waals surface area contributed by atoms with E-state index in [0.717, 1.165) is 19.3 Å². The molecule has 4 rings (SSSR count). The average Bonchev–Trinajstić information content (AvgIpc) is 3.46. The third kappa shape index (κ3) is 3.65. The molecule has 0 spiro atoms. The molecule has 5 nitrogen and oxygen atoms in total. The number of fused-ring (bicyclic) bond motifs is 1. The molecule has 1 aliphatic carbocycles. The monoisotopic (exact) mass is 336 g/mol. The second-order valence-electron chi connectivity index (χ2n) is 6.65. The summed E-state index contributed by atoms with van der Waals surface area (Å²) in [4.78, 5) is 24.0. The lowest BCUT2D eigenvalue weighted by molar-refractivity contribution is -0.118. The SMILES string of the molecule is O=C1COc2cc(C(=O)NC(Cc3ccccc3)C3CC3)ccc2N1. The minimum absolute atomic E-state index is 0.0171. The van der Waals surface area contributed by atoms with Gasteiger partial charge in [0.25, 0.3) is 11.8 Å². The highest BCUT2D eigenvalue weighted by molar-refractivity contribution is 5.99. The van der Waals surface area contributed by atoms with Crippen LogP contribution in [0.1, 0.15) is 28.8 Å². The van der Waals surface area contributed by atoms with E-state index in [1.807, 2.05) is 18.2 Å². The predicted molar refractivity (Wildman–Crippen MR) is 94.7 cm³/mol. The number of amides is 2. The molecule has 5 heteroatoms. The number of carbonyl (C=O) groups excluding carboxylic acids is 2. The quantitative estimate of drug-likeness (QED) is 0.882. The molecule has 25 heavy (non-hydrogen) atoms. The number of nitrogens with one attached hydrogen (secondary N) is 2. The van der Waals surface area contributed by atoms with Crippen molar-refractivity contribution >= 4 is 17.5 Å². The third-order valence-corrected chi connectivity index (χ3v) is 4.68. The molecule has 1 heterocycles. The summed E-state index contributed by atoms with van der Waals surface area (Å²) in [5, 5.41) is 5.91. The van der Waals surface area contributed by atoms with E-state index in [0.29, 0.717) is 22.9 Å². The van der Waals surface area contributed by atoms with Crippen LogP contribution in [0.4, 0.5) is 5.69 Å². The van der Waals surface area contributed by atoms with Crippen LogP contribution in [-0.2, 0) is 11.2 Å². The van der Waals surface area contributed by atoms with Crippen molar-refractivity contribution in [2.75, 3.05) is 11.9 Å². The molecule has 2 amide bonds. The Balaban J connectivity index is 1.47. The highest BCUT2D eigenvalue weighted by atomic mass is 16.5. The van der Waals surface area contributed by atoms with Gasteiger partial charge in [0.15, 0.2) is 6.61 Å². The molecule has 2 aromatic rings. The standard InChI is InChI=1S/C20H20N2O3/c23-19-12-25-18-11-15(8-9-16(18)21-19)20(24)22-17(14-6-7-14)10-13-4-2-1-3-5-13/h1-5,8-9,11,14,17H,6-7,10,12H2,(H,21,23)(H,22,24). The van der Waals surface area contributed by atoms with Gasteiger partial charge in [0.05, 0.1) is 5.69 Å². The van der Waals surface area contributed by atoms with Crippen LogP contribution in [0.15, 0.2) is 48.5 Å². The number of hydrogen-bond donors (Lipinski definition) is 2. The van der Waals surface area contributed by atoms with Crippen LogP contribution < -0.4 is 15.4 Å². The number of benzene rings is 2. The fourth-order valence-corrected chi connectivity index (χ4v) is 3.17. The topological polar surface area (TPSA) is 67.4 Å². The van der Waals surface area contributed by atoms with Crippen molar-refractivity contribution in [2.45, 2.75) is 25.3 Å². The molecule has 1 fully saturated rings. The van der Waals surface area contributed by atoms with Crippen LogP contribution in [0, 0.1) is 5.92 Å². The van der Waals surface area contributed by atoms with Crippen molar-refractivity contribution in [3.8, 4) is 5.75 Å². The van der Waals surface area contributed by atoms with Crippen LogP contribution in [0.25, 0.3) is 0 Å². The van der Waals surface area contributed by atoms with E-state index >= 15 is 0 Å². The molecule has 1 saturated carbocycles. The van der Waals surface area contributed by atoms with Crippen LogP contribution >= 0.6 is 0 Å². The zero-order valence-corrected chi connectivity index (χ0v) is 13.8. The molecular weight excluding hydrogens is 316 g/mol. The van der Waals surface area contributed by atoms with E-state index < -0.39 is 0 Å². The van der Waals surface area contributed by atoms with Gasteiger partial charge in [-0.2, -0.15) is 0 Å². The Morgan fingerprint density at radius 2 is 2.00 bits per heavy atom. The van der Waals surface area contributed by atoms with Crippen molar-refractivity contribution in [3.63, 3.8) is 0 Å². The van der Waals surface area contributed by atoms with Gasteiger partial charge in [-0.25, -0.2) is 0 Å². The van der Waals surface area contributed by atoms with Crippen molar-refractivity contribution in [3.05, 3.63) is 59.7 Å². The first-order valence-electron chi connectivity index (χ1n) is 8.60. The summed E-state index contributed by atoms with van der Waals surface area (Å²) in [5.41, 5.74) is 2.39. The molecule has 0 radical (unpaired) electrons. The number of rotatable bonds is 5. The fourth-order valence-electron chi connectivity index (χ4n) is 3.17. The first kappa shape index (κ1) is 15.7. The Hall–Kier alpha value is -2.82. The Bertz CT molecular complexity index is 800. The second-order valence-corrected chi connectivity index (χ2v) is 6.65. The molecule has 0 aromatic heterocycles. The van der Waals surface area contributed by atoms with E-state index in [2.05, 4.69) is 22.8 Å². The van der Waals surface area contributed by atoms with E-state index in [9.17, 15) is 9.59 Å². The van der Waals surface area contributed by atoms with Crippen molar-refractivity contribution in [1.82, 2.24) is 5.32 Å². The average molecular weight is 336 g/mol. The maximum absolute atomic E-state index is 12.7. The van der Waals surface area contributed by atoms with Crippen molar-refractivity contribution in [2.24, 2.45) is 5.92 Å². The van der Waals surface area contributed by atoms with Gasteiger partial charge in [0.2, 0.25) is 0 Å². The van der Waals surface area contributed by atoms with Gasteiger partial charge >= 0.3 is 0 Å². The molecule has 128 valence electrons. The van der Waals surface area contributed by atoms with Crippen LogP contribution in [0.3, 0.4) is 0 Å². The Kier molecular flexibility index (Phi) is 4.14. The van der Waals surface area contributed by atoms with E-state index in [1.165, 1.54) is 5.56 Å². The van der Waals surface area contributed by atoms with Gasteiger partial charge in [-0.05, 0) is 48.9 Å². The zero-order chi connectivity index (χ0) is 17.2. The normalized spacial score (nSPS) is 17.0. The molecule has 1 atom stereocenters. The summed E-state index contributed by atoms with van der Waals surface area (Å²) in [6, 6.07) is 15.5. The predicted octanol–water partition coefficient (Wildman–Crippen LogP) is 2.77. The Morgan fingerprint density at radius 3 is 2.76 bits per heavy atom. The van der Waals surface area contributed by atoms with Gasteiger partial charge < -0.3 is 15.4 Å². The largest absolute Gasteiger partial charge is 0.482 e. The maximum Gasteiger partial charge on any atom is 0.262 e. The zero-order valence-electron chi connectivity index (χ0n) is 13.8. The Morgan fingerprint density at radius 1 is 1.20 bits per heavy atom. The van der Waals surface area contributed by atoms with Crippen LogP contribution in [0.2, 0.25) is 0 Å². The molecule has 1 unspecified atom stereocenters. The van der Waals surface area contributed by atoms with Crippen LogP contribution in [-0.4, -0.2) is 24.5 Å². The van der Waals surface area contributed by atoms with Gasteiger partial charge in [-0.1, -0.05) is 30.3 Å². The van der Waals surface area contributed by atoms with Gasteiger partial charge in [0, 0.05) is 11.6 Å². The minimum atomic E-state index is -0.179. The summed E-state index contributed by atoms with van der Waals surface area (Å²) in [6.07, 6.45) is 3.17. The highest BCUT2D eigenvalue weighted by Crippen LogP contribution is 2.34. The molecule has 2 N–H and O–H groups in total. The number of anilines is 1. The lowest BCUT2D eigenvalue weighted by Gasteiger charge is -2.21. The van der Waals surface area contributed by atoms with Gasteiger partial charge in [0.1, 0.15) is 5.75 Å². The first-order valence-corrected chi connectivity index (χ1v) is 8.60. The summed E-state index contributed by atoms with van der Waals surface area (Å²) in [6.45, 7) is -0.0171. The molecule has 2 aromatic carbocycles. The van der Waals surface area contributed by atoms with E-state index in [1.54, 1.807) is 18.2 Å². The Labute approximate surface area is 146 Å². The molecule has 0 bridgehead atoms. The lowest BCUT2D eigenvalue weighted by atomic mass is 10.0. The fraction of sp³-hybridized carbons (Fsp3) is 0.300. The summed E-state index contributed by atoms with van der Waals surface area (Å²) >= 11 is 0. The number of carbonyl (C=O) groups is 2. The van der Waals surface area contributed by atoms with Crippen molar-refractivity contribution in [1.29, 1.82) is 0 Å². The molecule has 1 aliphatic heterocycles. The maximum atomic E-state index is 12.7. The minimum Gasteiger partial charge on any atom is -0.482 e. The number of ether oxygens (including phenoxy) is 1. The van der Waals surface area contributed by atoms with E-state index in [4.69, 9.17) is 4.74 Å². The number of hydrogen-bond acceptors (Lipinski definition) is 3. The smallest absolute Gasteiger partial charge is 0.262 e. The highest BCUT2D eigenvalue weighted by Gasteiger charge is 2.32. The molecule has 0 saturated heterocycles. The summed E-state index contributed by atoms with van der Waals surface area (Å²) in [5.74, 6) is 0.813. The molecular formula is C20H20N2O3. The summed E-state index contributed by atoms with van der Waals surface area (Å²) in [7, 11) is 0. The van der Waals surface area contributed by atoms with Gasteiger partial charge in [-0.15, -0.1) is 0 Å². The van der Waals surface area contributed by atoms with E-state index in [-0.39, 0.29) is 24.5 Å². The third-order valence-electron chi connectivity index (χ3n) is 4.68. The second kappa shape index (κ2) is 6.59. The van der Waals surface area contributed by atoms with Crippen molar-refractivity contribution < 1.29 is 14.3 Å². The first-order chi connectivity index (χ1) is 12.2. The summed E-state index contributed by atoms with van der Waals surface area (Å²) < 4.78 is 5.39. The van der Waals surface area contributed by atoms with Crippen LogP contribution in [0.5, 0.6) is 5.75 Å². The lowest BCUT2D eigenvalue weighted by Crippen LogP contribution is -2.38.